The third-order valence-corrected chi connectivity index (χ3v) is 6.25. The summed E-state index contributed by atoms with van der Waals surface area (Å²) in [5, 5.41) is 0. The fraction of sp³-hybridized carbons (Fsp3) is 0.280. The predicted molar refractivity (Wildman–Crippen MR) is 123 cm³/mol. The number of rotatable bonds is 4. The highest BCUT2D eigenvalue weighted by atomic mass is 16.7. The maximum Gasteiger partial charge on any atom is 0.494 e. The van der Waals surface area contributed by atoms with E-state index in [0.717, 1.165) is 16.5 Å². The molecule has 0 unspecified atom stereocenters. The molecule has 0 atom stereocenters. The quantitative estimate of drug-likeness (QED) is 0.358. The molecule has 0 bridgehead atoms. The number of fused-ring (bicyclic) bond motifs is 2. The average Bonchev–Trinajstić information content (AvgIpc) is 2.98. The molecule has 0 radical (unpaired) electrons. The minimum atomic E-state index is -0.409. The van der Waals surface area contributed by atoms with Gasteiger partial charge in [-0.2, -0.15) is 0 Å². The third kappa shape index (κ3) is 3.68. The number of hydrogen-bond donors (Lipinski definition) is 0. The van der Waals surface area contributed by atoms with E-state index in [2.05, 4.69) is 4.98 Å². The largest absolute Gasteiger partial charge is 0.494 e. The van der Waals surface area contributed by atoms with E-state index in [4.69, 9.17) is 18.5 Å². The summed E-state index contributed by atoms with van der Waals surface area (Å²) in [5.74, 6) is 0.679. The van der Waals surface area contributed by atoms with Gasteiger partial charge >= 0.3 is 7.12 Å². The number of nitrogens with zero attached hydrogens (tertiary/aromatic N) is 1. The summed E-state index contributed by atoms with van der Waals surface area (Å²) < 4.78 is 23.8. The third-order valence-electron chi connectivity index (χ3n) is 6.25. The molecule has 162 valence electrons. The van der Waals surface area contributed by atoms with Gasteiger partial charge in [0.2, 0.25) is 5.43 Å². The molecule has 1 saturated heterocycles. The first kappa shape index (κ1) is 20.7. The Bertz CT molecular complexity index is 1300. The summed E-state index contributed by atoms with van der Waals surface area (Å²) in [6, 6.07) is 18.3. The smallest absolute Gasteiger partial charge is 0.485 e. The molecule has 1 fully saturated rings. The van der Waals surface area contributed by atoms with Crippen molar-refractivity contribution in [3.63, 3.8) is 0 Å². The van der Waals surface area contributed by atoms with Crippen molar-refractivity contribution in [3.05, 3.63) is 76.5 Å². The lowest BCUT2D eigenvalue weighted by molar-refractivity contribution is 0.00578. The summed E-state index contributed by atoms with van der Waals surface area (Å²) in [4.78, 5) is 17.1. The lowest BCUT2D eigenvalue weighted by Crippen LogP contribution is -2.41. The number of hydrogen-bond acceptors (Lipinski definition) is 6. The minimum Gasteiger partial charge on any atom is -0.485 e. The van der Waals surface area contributed by atoms with Crippen LogP contribution >= 0.6 is 0 Å². The van der Waals surface area contributed by atoms with Crippen molar-refractivity contribution in [1.29, 1.82) is 0 Å². The Morgan fingerprint density at radius 3 is 2.34 bits per heavy atom. The Morgan fingerprint density at radius 1 is 0.938 bits per heavy atom. The van der Waals surface area contributed by atoms with E-state index in [1.807, 2.05) is 76.2 Å². The van der Waals surface area contributed by atoms with Crippen LogP contribution < -0.4 is 15.6 Å². The average molecular weight is 429 g/mol. The molecular formula is C25H24BNO5. The summed E-state index contributed by atoms with van der Waals surface area (Å²) in [6.45, 7) is 8.39. The fourth-order valence-corrected chi connectivity index (χ4v) is 3.61. The van der Waals surface area contributed by atoms with E-state index in [1.54, 1.807) is 6.07 Å². The molecule has 2 aliphatic heterocycles. The molecule has 3 aliphatic rings. The molecular weight excluding hydrogens is 405 g/mol. The standard InChI is InChI=1S/C25H24BNO5/c1-24(2)25(3,4)32-26(31-24)17-11-9-16(10-12-17)15-29-23-13-19-22(14-20(23)28)30-21-8-6-5-7-18(21)27-19/h5-14H,15H2,1-4H3. The minimum absolute atomic E-state index is 0.241. The van der Waals surface area contributed by atoms with Crippen LogP contribution in [0.3, 0.4) is 0 Å². The van der Waals surface area contributed by atoms with E-state index in [0.29, 0.717) is 17.0 Å². The fourth-order valence-electron chi connectivity index (χ4n) is 3.61. The monoisotopic (exact) mass is 429 g/mol. The molecule has 0 spiro atoms. The van der Waals surface area contributed by atoms with Crippen molar-refractivity contribution >= 4 is 23.7 Å². The van der Waals surface area contributed by atoms with Gasteiger partial charge in [-0.15, -0.1) is 0 Å². The highest BCUT2D eigenvalue weighted by Gasteiger charge is 2.51. The van der Waals surface area contributed by atoms with E-state index >= 15 is 0 Å². The van der Waals surface area contributed by atoms with E-state index in [1.165, 1.54) is 6.07 Å². The van der Waals surface area contributed by atoms with Crippen molar-refractivity contribution in [3.8, 4) is 17.2 Å². The molecule has 32 heavy (non-hydrogen) atoms. The Balaban J connectivity index is 1.33. The van der Waals surface area contributed by atoms with Crippen LogP contribution in [0.1, 0.15) is 33.3 Å². The molecule has 2 aromatic carbocycles. The number of benzene rings is 3. The molecule has 0 saturated carbocycles. The van der Waals surface area contributed by atoms with Gasteiger partial charge in [-0.25, -0.2) is 4.98 Å². The van der Waals surface area contributed by atoms with Crippen LogP contribution in [-0.2, 0) is 15.9 Å². The number of ether oxygens (including phenoxy) is 1. The highest BCUT2D eigenvalue weighted by molar-refractivity contribution is 6.62. The first-order valence-electron chi connectivity index (χ1n) is 10.6. The summed E-state index contributed by atoms with van der Waals surface area (Å²) >= 11 is 0. The Morgan fingerprint density at radius 2 is 1.62 bits per heavy atom. The number of para-hydroxylation sites is 2. The Hall–Kier alpha value is -3.16. The molecule has 1 aliphatic carbocycles. The van der Waals surface area contributed by atoms with Crippen molar-refractivity contribution in [2.75, 3.05) is 0 Å². The summed E-state index contributed by atoms with van der Waals surface area (Å²) in [7, 11) is -0.409. The maximum atomic E-state index is 12.5. The topological polar surface area (TPSA) is 70.8 Å². The van der Waals surface area contributed by atoms with Crippen LogP contribution in [-0.4, -0.2) is 23.3 Å². The molecule has 0 aromatic heterocycles. The molecule has 6 nitrogen and oxygen atoms in total. The van der Waals surface area contributed by atoms with Crippen LogP contribution in [0.25, 0.3) is 22.6 Å². The normalized spacial score (nSPS) is 17.2. The zero-order valence-corrected chi connectivity index (χ0v) is 18.5. The Kier molecular flexibility index (Phi) is 4.84. The van der Waals surface area contributed by atoms with Gasteiger partial charge in [0, 0.05) is 12.1 Å². The van der Waals surface area contributed by atoms with E-state index in [-0.39, 0.29) is 29.0 Å². The van der Waals surface area contributed by atoms with Gasteiger partial charge in [-0.3, -0.25) is 4.79 Å². The van der Waals surface area contributed by atoms with Gasteiger partial charge in [-0.1, -0.05) is 36.4 Å². The second-order valence-corrected chi connectivity index (χ2v) is 9.07. The zero-order chi connectivity index (χ0) is 22.5. The van der Waals surface area contributed by atoms with Crippen LogP contribution in [0.2, 0.25) is 0 Å². The van der Waals surface area contributed by atoms with Crippen LogP contribution in [0.5, 0.6) is 5.75 Å². The molecule has 0 amide bonds. The van der Waals surface area contributed by atoms with Crippen LogP contribution in [0, 0.1) is 0 Å². The Labute approximate surface area is 186 Å². The summed E-state index contributed by atoms with van der Waals surface area (Å²) in [5.41, 5.74) is 2.80. The van der Waals surface area contributed by atoms with Gasteiger partial charge < -0.3 is 18.5 Å². The van der Waals surface area contributed by atoms with Crippen LogP contribution in [0.15, 0.2) is 69.9 Å². The van der Waals surface area contributed by atoms with Crippen molar-refractivity contribution < 1.29 is 18.5 Å². The number of aromatic nitrogens is 1. The van der Waals surface area contributed by atoms with Crippen LogP contribution in [0.4, 0.5) is 0 Å². The second kappa shape index (κ2) is 7.47. The van der Waals surface area contributed by atoms with E-state index in [9.17, 15) is 4.79 Å². The molecule has 2 aromatic rings. The lowest BCUT2D eigenvalue weighted by atomic mass is 9.79. The van der Waals surface area contributed by atoms with Crippen molar-refractivity contribution in [2.45, 2.75) is 45.5 Å². The lowest BCUT2D eigenvalue weighted by Gasteiger charge is -2.32. The van der Waals surface area contributed by atoms with Gasteiger partial charge in [-0.05, 0) is 50.9 Å². The molecule has 0 N–H and O–H groups in total. The predicted octanol–water partition coefficient (Wildman–Crippen LogP) is 4.17. The van der Waals surface area contributed by atoms with Crippen molar-refractivity contribution in [2.24, 2.45) is 0 Å². The molecule has 7 heteroatoms. The first-order valence-corrected chi connectivity index (χ1v) is 10.6. The first-order chi connectivity index (χ1) is 15.2. The second-order valence-electron chi connectivity index (χ2n) is 9.07. The maximum absolute atomic E-state index is 12.5. The van der Waals surface area contributed by atoms with Gasteiger partial charge in [0.25, 0.3) is 0 Å². The zero-order valence-electron chi connectivity index (χ0n) is 18.5. The van der Waals surface area contributed by atoms with Gasteiger partial charge in [0.15, 0.2) is 17.1 Å². The summed E-state index contributed by atoms with van der Waals surface area (Å²) in [6.07, 6.45) is 0. The van der Waals surface area contributed by atoms with Gasteiger partial charge in [0.05, 0.1) is 11.2 Å². The SMILES string of the molecule is CC1(C)OB(c2ccc(COc3cc4nc5ccccc5oc-4cc3=O)cc2)OC1(C)C. The van der Waals surface area contributed by atoms with E-state index < -0.39 is 7.12 Å². The van der Waals surface area contributed by atoms with Crippen molar-refractivity contribution in [1.82, 2.24) is 4.98 Å². The highest BCUT2D eigenvalue weighted by Crippen LogP contribution is 2.36. The van der Waals surface area contributed by atoms with Gasteiger partial charge in [0.1, 0.15) is 17.8 Å². The molecule has 2 heterocycles. The molecule has 5 rings (SSSR count).